The fraction of sp³-hybridized carbons (Fsp3) is 0.737. The first kappa shape index (κ1) is 29.5. The van der Waals surface area contributed by atoms with Gasteiger partial charge in [0.25, 0.3) is 5.34 Å². The quantitative estimate of drug-likeness (QED) is 0.131. The monoisotopic (exact) mass is 555 g/mol. The van der Waals surface area contributed by atoms with Crippen LogP contribution in [-0.4, -0.2) is 117 Å². The maximum atomic E-state index is 13.2. The molecule has 0 spiro atoms. The van der Waals surface area contributed by atoms with E-state index in [-0.39, 0.29) is 5.82 Å². The molecule has 0 aromatic carbocycles. The summed E-state index contributed by atoms with van der Waals surface area (Å²) < 4.78 is 29.7. The molecule has 4 unspecified atom stereocenters. The molecule has 0 amide bonds. The van der Waals surface area contributed by atoms with E-state index in [9.17, 15) is 49.7 Å². The maximum Gasteiger partial charge on any atom is 0.371 e. The van der Waals surface area contributed by atoms with Crippen LogP contribution in [0.1, 0.15) is 19.6 Å². The van der Waals surface area contributed by atoms with Gasteiger partial charge in [-0.15, -0.1) is 0 Å². The van der Waals surface area contributed by atoms with Crippen molar-refractivity contribution in [3.63, 3.8) is 0 Å². The predicted octanol–water partition coefficient (Wildman–Crippen LogP) is -4.07. The number of nitrogens with zero attached hydrogens (tertiary/aromatic N) is 2. The number of rotatable bonds is 9. The molecule has 3 heterocycles. The van der Waals surface area contributed by atoms with E-state index in [1.807, 2.05) is 0 Å². The second kappa shape index (κ2) is 11.0. The molecular formula is C19H30N3O14P. The molecule has 2 fully saturated rings. The number of aliphatic hydroxyl groups excluding tert-OH is 6. The van der Waals surface area contributed by atoms with Gasteiger partial charge in [0.05, 0.1) is 25.4 Å². The number of nitrogen functional groups attached to an aromatic ring is 1. The minimum atomic E-state index is -5.45. The molecule has 2 aliphatic rings. The maximum absolute atomic E-state index is 13.2. The summed E-state index contributed by atoms with van der Waals surface area (Å²) in [5.41, 5.74) is 4.49. The Balaban J connectivity index is 1.82. The molecule has 1 aromatic heterocycles. The molecule has 2 saturated heterocycles. The number of hydrogen-bond donors (Lipinski definition) is 9. The normalized spacial score (nSPS) is 37.6. The molecular weight excluding hydrogens is 525 g/mol. The number of nitrogens with two attached hydrogens (primary N) is 1. The van der Waals surface area contributed by atoms with Crippen LogP contribution in [0.25, 0.3) is 0 Å². The second-order valence-electron chi connectivity index (χ2n) is 8.95. The molecule has 11 atom stereocenters. The summed E-state index contributed by atoms with van der Waals surface area (Å²) in [6.45, 7) is -0.601. The van der Waals surface area contributed by atoms with E-state index in [1.165, 1.54) is 13.0 Å². The Bertz CT molecular complexity index is 1090. The lowest BCUT2D eigenvalue weighted by atomic mass is 9.85. The topological polar surface area (TPSA) is 285 Å². The highest BCUT2D eigenvalue weighted by molar-refractivity contribution is 7.55. The number of aliphatic hydroxyl groups is 6. The van der Waals surface area contributed by atoms with Crippen molar-refractivity contribution in [2.75, 3.05) is 18.9 Å². The Morgan fingerprint density at radius 3 is 2.57 bits per heavy atom. The number of aromatic nitrogens is 2. The second-order valence-corrected chi connectivity index (χ2v) is 11.0. The molecule has 10 N–H and O–H groups in total. The summed E-state index contributed by atoms with van der Waals surface area (Å²) in [5, 5.41) is 67.0. The van der Waals surface area contributed by atoms with E-state index in [0.717, 1.165) is 10.8 Å². The zero-order valence-corrected chi connectivity index (χ0v) is 20.3. The van der Waals surface area contributed by atoms with Crippen LogP contribution in [0.2, 0.25) is 0 Å². The third-order valence-electron chi connectivity index (χ3n) is 6.53. The summed E-state index contributed by atoms with van der Waals surface area (Å²) in [5.74, 6) is -3.19. The van der Waals surface area contributed by atoms with Crippen LogP contribution < -0.4 is 11.4 Å². The van der Waals surface area contributed by atoms with E-state index in [0.29, 0.717) is 0 Å². The van der Waals surface area contributed by atoms with Gasteiger partial charge in [-0.25, -0.2) is 9.59 Å². The van der Waals surface area contributed by atoms with Gasteiger partial charge in [0, 0.05) is 18.5 Å². The summed E-state index contributed by atoms with van der Waals surface area (Å²) in [7, 11) is -5.45. The van der Waals surface area contributed by atoms with Gasteiger partial charge < -0.3 is 60.4 Å². The number of anilines is 1. The third kappa shape index (κ3) is 5.43. The van der Waals surface area contributed by atoms with Gasteiger partial charge in [0.15, 0.2) is 6.23 Å². The minimum absolute atomic E-state index is 0.117. The lowest BCUT2D eigenvalue weighted by molar-refractivity contribution is -0.219. The Morgan fingerprint density at radius 1 is 1.35 bits per heavy atom. The Morgan fingerprint density at radius 2 is 2.00 bits per heavy atom. The van der Waals surface area contributed by atoms with Crippen LogP contribution in [0.4, 0.5) is 5.82 Å². The predicted molar refractivity (Wildman–Crippen MR) is 119 cm³/mol. The number of carboxylic acids is 1. The largest absolute Gasteiger partial charge is 0.479 e. The van der Waals surface area contributed by atoms with Crippen molar-refractivity contribution in [2.24, 2.45) is 5.92 Å². The molecule has 18 heteroatoms. The highest BCUT2D eigenvalue weighted by Crippen LogP contribution is 2.61. The van der Waals surface area contributed by atoms with Crippen LogP contribution >= 0.6 is 7.60 Å². The van der Waals surface area contributed by atoms with E-state index in [1.54, 1.807) is 0 Å². The van der Waals surface area contributed by atoms with E-state index < -0.39 is 99.1 Å². The molecule has 37 heavy (non-hydrogen) atoms. The number of carbonyl (C=O) groups is 1. The van der Waals surface area contributed by atoms with Gasteiger partial charge in [-0.1, -0.05) is 6.92 Å². The van der Waals surface area contributed by atoms with Gasteiger partial charge >= 0.3 is 19.3 Å². The fourth-order valence-corrected chi connectivity index (χ4v) is 5.68. The van der Waals surface area contributed by atoms with Gasteiger partial charge in [-0.3, -0.25) is 9.13 Å². The Labute approximate surface area is 208 Å². The van der Waals surface area contributed by atoms with Gasteiger partial charge in [0.2, 0.25) is 0 Å². The molecule has 0 saturated carbocycles. The van der Waals surface area contributed by atoms with Gasteiger partial charge in [0.1, 0.15) is 36.3 Å². The van der Waals surface area contributed by atoms with Crippen molar-refractivity contribution in [3.05, 3.63) is 22.7 Å². The van der Waals surface area contributed by atoms with Crippen molar-refractivity contribution in [1.29, 1.82) is 0 Å². The standard InChI is InChI=1S/C19H30N3O14P/c1-7-8(24)4-19(17(29)30,36-15(7)12(26)9(25)5-23)37(32,33)34-6-10-13(27)14(28)16(35-10)22-3-2-11(20)21-18(22)31/h2-3,7-10,12-16,23-28H,4-6H2,1H3,(H,29,30)(H,32,33)(H2,20,21,31)/t7-,8?,9-,10-,12-,13+,14?,15?,16-,19+/m1/s1. The van der Waals surface area contributed by atoms with E-state index >= 15 is 0 Å². The molecule has 17 nitrogen and oxygen atoms in total. The molecule has 1 aromatic rings. The number of aliphatic carboxylic acids is 1. The lowest BCUT2D eigenvalue weighted by Gasteiger charge is -2.46. The number of carboxylic acid groups (broad SMARTS) is 1. The summed E-state index contributed by atoms with van der Waals surface area (Å²) in [6, 6.07) is 1.22. The zero-order valence-electron chi connectivity index (χ0n) is 19.4. The molecule has 2 aliphatic heterocycles. The Kier molecular flexibility index (Phi) is 8.78. The molecule has 0 bridgehead atoms. The van der Waals surface area contributed by atoms with Crippen molar-refractivity contribution in [1.82, 2.24) is 9.55 Å². The average molecular weight is 555 g/mol. The minimum Gasteiger partial charge on any atom is -0.479 e. The first-order valence-electron chi connectivity index (χ1n) is 11.1. The summed E-state index contributed by atoms with van der Waals surface area (Å²) in [6.07, 6.45) is -13.5. The van der Waals surface area contributed by atoms with Crippen LogP contribution in [0.3, 0.4) is 0 Å². The SMILES string of the molecule is C[C@@H]1C(O)C[C@@](C(=O)O)(P(=O)(O)OC[C@H]2O[C@@H](n3ccc(N)nc3=O)C(O)[C@H]2O)OC1[C@H](O)[C@H](O)CO. The first-order valence-corrected chi connectivity index (χ1v) is 12.6. The van der Waals surface area contributed by atoms with Crippen molar-refractivity contribution in [3.8, 4) is 0 Å². The molecule has 3 rings (SSSR count). The Hall–Kier alpha value is -2.02. The third-order valence-corrected chi connectivity index (χ3v) is 8.42. The highest BCUT2D eigenvalue weighted by atomic mass is 31.2. The van der Waals surface area contributed by atoms with Gasteiger partial charge in [-0.05, 0) is 6.07 Å². The molecule has 210 valence electrons. The van der Waals surface area contributed by atoms with Crippen LogP contribution in [-0.2, 0) is 23.4 Å². The van der Waals surface area contributed by atoms with E-state index in [2.05, 4.69) is 4.98 Å². The zero-order chi connectivity index (χ0) is 27.9. The number of hydrogen-bond acceptors (Lipinski definition) is 14. The van der Waals surface area contributed by atoms with E-state index in [4.69, 9.17) is 24.8 Å². The highest BCUT2D eigenvalue weighted by Gasteiger charge is 2.64. The van der Waals surface area contributed by atoms with Gasteiger partial charge in [-0.2, -0.15) is 4.98 Å². The van der Waals surface area contributed by atoms with Crippen LogP contribution in [0.15, 0.2) is 17.1 Å². The van der Waals surface area contributed by atoms with Crippen molar-refractivity contribution >= 4 is 19.4 Å². The lowest BCUT2D eigenvalue weighted by Crippen LogP contribution is -2.60. The molecule has 0 aliphatic carbocycles. The average Bonchev–Trinajstić information content (AvgIpc) is 3.11. The van der Waals surface area contributed by atoms with Crippen LogP contribution in [0.5, 0.6) is 0 Å². The first-order chi connectivity index (χ1) is 17.2. The smallest absolute Gasteiger partial charge is 0.371 e. The molecule has 0 radical (unpaired) electrons. The van der Waals surface area contributed by atoms with Crippen molar-refractivity contribution < 1.29 is 64.0 Å². The fourth-order valence-electron chi connectivity index (χ4n) is 4.21. The summed E-state index contributed by atoms with van der Waals surface area (Å²) in [4.78, 5) is 38.4. The summed E-state index contributed by atoms with van der Waals surface area (Å²) >= 11 is 0. The van der Waals surface area contributed by atoms with Crippen LogP contribution in [0, 0.1) is 5.92 Å². The number of ether oxygens (including phenoxy) is 2. The van der Waals surface area contributed by atoms with Crippen molar-refractivity contribution in [2.45, 2.75) is 67.6 Å².